The van der Waals surface area contributed by atoms with Gasteiger partial charge in [-0.3, -0.25) is 0 Å². The number of nitrogens with one attached hydrogen (secondary N) is 2. The molecule has 1 aromatic carbocycles. The smallest absolute Gasteiger partial charge is 0.316 e. The van der Waals surface area contributed by atoms with Crippen LogP contribution in [0.2, 0.25) is 0 Å². The standard InChI is InChI=1S/C11H14BrF3N2O2S/c1-2-16-5-6-17-20(18,19)10-4-3-8(12)7-9(10)11(13,14)15/h3-4,7,16-17H,2,5-6H2,1H3. The topological polar surface area (TPSA) is 58.2 Å². The minimum Gasteiger partial charge on any atom is -0.316 e. The van der Waals surface area contributed by atoms with Gasteiger partial charge in [0.25, 0.3) is 0 Å². The number of hydrogen-bond acceptors (Lipinski definition) is 3. The summed E-state index contributed by atoms with van der Waals surface area (Å²) in [5.41, 5.74) is -1.19. The molecular formula is C11H14BrF3N2O2S. The molecule has 0 saturated carbocycles. The van der Waals surface area contributed by atoms with Crippen LogP contribution in [0.25, 0.3) is 0 Å². The first-order valence-corrected chi connectivity index (χ1v) is 8.03. The molecule has 0 bridgehead atoms. The molecule has 0 radical (unpaired) electrons. The van der Waals surface area contributed by atoms with Gasteiger partial charge in [-0.2, -0.15) is 13.2 Å². The van der Waals surface area contributed by atoms with Crippen LogP contribution in [0.1, 0.15) is 12.5 Å². The SMILES string of the molecule is CCNCCNS(=O)(=O)c1ccc(Br)cc1C(F)(F)F. The third-order valence-corrected chi connectivity index (χ3v) is 4.39. The summed E-state index contributed by atoms with van der Waals surface area (Å²) in [6.07, 6.45) is -4.74. The number of hydrogen-bond donors (Lipinski definition) is 2. The molecule has 0 atom stereocenters. The van der Waals surface area contributed by atoms with Crippen molar-refractivity contribution < 1.29 is 21.6 Å². The van der Waals surface area contributed by atoms with Crippen molar-refractivity contribution in [3.63, 3.8) is 0 Å². The van der Waals surface area contributed by atoms with Gasteiger partial charge in [0.2, 0.25) is 10.0 Å². The lowest BCUT2D eigenvalue weighted by atomic mass is 10.2. The lowest BCUT2D eigenvalue weighted by Crippen LogP contribution is -2.32. The predicted molar refractivity (Wildman–Crippen MR) is 72.9 cm³/mol. The molecule has 114 valence electrons. The molecule has 1 rings (SSSR count). The van der Waals surface area contributed by atoms with Gasteiger partial charge in [0.05, 0.1) is 10.5 Å². The van der Waals surface area contributed by atoms with Crippen molar-refractivity contribution >= 4 is 26.0 Å². The van der Waals surface area contributed by atoms with Crippen LogP contribution >= 0.6 is 15.9 Å². The molecular weight excluding hydrogens is 361 g/mol. The van der Waals surface area contributed by atoms with Gasteiger partial charge in [-0.05, 0) is 24.7 Å². The molecule has 4 nitrogen and oxygen atoms in total. The van der Waals surface area contributed by atoms with E-state index >= 15 is 0 Å². The van der Waals surface area contributed by atoms with Gasteiger partial charge in [-0.25, -0.2) is 13.1 Å². The van der Waals surface area contributed by atoms with Crippen molar-refractivity contribution in [2.24, 2.45) is 0 Å². The molecule has 0 heterocycles. The maximum absolute atomic E-state index is 12.9. The minimum absolute atomic E-state index is 0.0174. The van der Waals surface area contributed by atoms with E-state index in [9.17, 15) is 21.6 Å². The van der Waals surface area contributed by atoms with E-state index in [1.54, 1.807) is 0 Å². The third kappa shape index (κ3) is 4.72. The van der Waals surface area contributed by atoms with Crippen molar-refractivity contribution in [3.05, 3.63) is 28.2 Å². The zero-order valence-electron chi connectivity index (χ0n) is 10.6. The molecule has 0 amide bonds. The maximum atomic E-state index is 12.9. The van der Waals surface area contributed by atoms with E-state index in [4.69, 9.17) is 0 Å². The van der Waals surface area contributed by atoms with E-state index in [0.29, 0.717) is 13.1 Å². The fraction of sp³-hybridized carbons (Fsp3) is 0.455. The second kappa shape index (κ2) is 6.88. The number of halogens is 4. The van der Waals surface area contributed by atoms with Crippen LogP contribution in [0.5, 0.6) is 0 Å². The molecule has 0 aliphatic carbocycles. The summed E-state index contributed by atoms with van der Waals surface area (Å²) in [5.74, 6) is 0. The highest BCUT2D eigenvalue weighted by molar-refractivity contribution is 9.10. The van der Waals surface area contributed by atoms with Gasteiger partial charge in [-0.1, -0.05) is 22.9 Å². The van der Waals surface area contributed by atoms with Crippen LogP contribution in [-0.4, -0.2) is 28.1 Å². The van der Waals surface area contributed by atoms with E-state index in [-0.39, 0.29) is 11.0 Å². The summed E-state index contributed by atoms with van der Waals surface area (Å²) in [5, 5.41) is 2.87. The van der Waals surface area contributed by atoms with Crippen LogP contribution in [0.3, 0.4) is 0 Å². The fourth-order valence-corrected chi connectivity index (χ4v) is 3.09. The van der Waals surface area contributed by atoms with Crippen LogP contribution in [-0.2, 0) is 16.2 Å². The summed E-state index contributed by atoms with van der Waals surface area (Å²) < 4.78 is 64.8. The van der Waals surface area contributed by atoms with Gasteiger partial charge in [0.15, 0.2) is 0 Å². The molecule has 0 aliphatic heterocycles. The van der Waals surface area contributed by atoms with Crippen molar-refractivity contribution in [1.29, 1.82) is 0 Å². The van der Waals surface area contributed by atoms with E-state index in [1.165, 1.54) is 6.07 Å². The number of likely N-dealkylation sites (N-methyl/N-ethyl adjacent to an activating group) is 1. The zero-order valence-corrected chi connectivity index (χ0v) is 13.0. The molecule has 0 spiro atoms. The number of sulfonamides is 1. The summed E-state index contributed by atoms with van der Waals surface area (Å²) >= 11 is 2.90. The van der Waals surface area contributed by atoms with Gasteiger partial charge in [-0.15, -0.1) is 0 Å². The van der Waals surface area contributed by atoms with Gasteiger partial charge in [0.1, 0.15) is 0 Å². The van der Waals surface area contributed by atoms with E-state index in [0.717, 1.165) is 12.1 Å². The first-order chi connectivity index (χ1) is 9.18. The Kier molecular flexibility index (Phi) is 5.99. The quantitative estimate of drug-likeness (QED) is 0.751. The minimum atomic E-state index is -4.74. The van der Waals surface area contributed by atoms with Crippen LogP contribution in [0.15, 0.2) is 27.6 Å². The van der Waals surface area contributed by atoms with Crippen molar-refractivity contribution in [3.8, 4) is 0 Å². The number of benzene rings is 1. The van der Waals surface area contributed by atoms with Gasteiger partial charge < -0.3 is 5.32 Å². The van der Waals surface area contributed by atoms with Crippen molar-refractivity contribution in [2.75, 3.05) is 19.6 Å². The monoisotopic (exact) mass is 374 g/mol. The van der Waals surface area contributed by atoms with Crippen LogP contribution in [0, 0.1) is 0 Å². The molecule has 0 aromatic heterocycles. The predicted octanol–water partition coefficient (Wildman–Crippen LogP) is 2.36. The Bertz CT molecular complexity index is 561. The molecule has 0 unspecified atom stereocenters. The zero-order chi connectivity index (χ0) is 15.4. The molecule has 0 aliphatic rings. The summed E-state index contributed by atoms with van der Waals surface area (Å²) in [6, 6.07) is 2.94. The molecule has 0 saturated heterocycles. The van der Waals surface area contributed by atoms with Crippen LogP contribution in [0.4, 0.5) is 13.2 Å². The second-order valence-electron chi connectivity index (χ2n) is 3.89. The van der Waals surface area contributed by atoms with Gasteiger partial charge in [0, 0.05) is 17.6 Å². The number of alkyl halides is 3. The van der Waals surface area contributed by atoms with Crippen LogP contribution < -0.4 is 10.0 Å². The second-order valence-corrected chi connectivity index (χ2v) is 6.54. The van der Waals surface area contributed by atoms with E-state index in [1.807, 2.05) is 6.92 Å². The third-order valence-electron chi connectivity index (χ3n) is 2.38. The van der Waals surface area contributed by atoms with E-state index < -0.39 is 26.7 Å². The summed E-state index contributed by atoms with van der Waals surface area (Å²) in [7, 11) is -4.20. The lowest BCUT2D eigenvalue weighted by Gasteiger charge is -2.14. The first-order valence-electron chi connectivity index (χ1n) is 5.75. The molecule has 0 fully saturated rings. The molecule has 9 heteroatoms. The Labute approximate surface area is 123 Å². The Morgan fingerprint density at radius 1 is 1.25 bits per heavy atom. The highest BCUT2D eigenvalue weighted by atomic mass is 79.9. The van der Waals surface area contributed by atoms with E-state index in [2.05, 4.69) is 26.0 Å². The lowest BCUT2D eigenvalue weighted by molar-refractivity contribution is -0.139. The maximum Gasteiger partial charge on any atom is 0.417 e. The van der Waals surface area contributed by atoms with Crippen molar-refractivity contribution in [2.45, 2.75) is 18.0 Å². The Morgan fingerprint density at radius 2 is 1.90 bits per heavy atom. The highest BCUT2D eigenvalue weighted by Crippen LogP contribution is 2.35. The summed E-state index contributed by atoms with van der Waals surface area (Å²) in [6.45, 7) is 2.84. The molecule has 2 N–H and O–H groups in total. The first kappa shape index (κ1) is 17.4. The highest BCUT2D eigenvalue weighted by Gasteiger charge is 2.37. The van der Waals surface area contributed by atoms with Crippen molar-refractivity contribution in [1.82, 2.24) is 10.0 Å². The molecule has 1 aromatic rings. The largest absolute Gasteiger partial charge is 0.417 e. The average Bonchev–Trinajstić information content (AvgIpc) is 2.33. The normalized spacial score (nSPS) is 12.7. The average molecular weight is 375 g/mol. The number of rotatable bonds is 6. The molecule has 20 heavy (non-hydrogen) atoms. The Morgan fingerprint density at radius 3 is 2.45 bits per heavy atom. The summed E-state index contributed by atoms with van der Waals surface area (Å²) in [4.78, 5) is -0.773. The Balaban J connectivity index is 3.06. The fourth-order valence-electron chi connectivity index (χ4n) is 1.49. The van der Waals surface area contributed by atoms with Gasteiger partial charge >= 0.3 is 6.18 Å². The Hall–Kier alpha value is -0.640.